The van der Waals surface area contributed by atoms with Crippen LogP contribution in [0.1, 0.15) is 25.3 Å². The molecule has 0 aliphatic carbocycles. The van der Waals surface area contributed by atoms with Crippen LogP contribution in [-0.2, 0) is 4.79 Å². The van der Waals surface area contributed by atoms with Crippen molar-refractivity contribution in [2.24, 2.45) is 0 Å². The highest BCUT2D eigenvalue weighted by Crippen LogP contribution is 2.25. The molecule has 3 rings (SSSR count). The van der Waals surface area contributed by atoms with Crippen LogP contribution in [0.15, 0.2) is 60.8 Å². The van der Waals surface area contributed by atoms with Crippen molar-refractivity contribution in [1.29, 1.82) is 0 Å². The first-order valence-corrected chi connectivity index (χ1v) is 8.00. The van der Waals surface area contributed by atoms with Crippen LogP contribution < -0.4 is 10.1 Å². The average Bonchev–Trinajstić information content (AvgIpc) is 2.60. The van der Waals surface area contributed by atoms with E-state index >= 15 is 0 Å². The summed E-state index contributed by atoms with van der Waals surface area (Å²) in [6.45, 7) is 4.15. The number of amides is 1. The SMILES string of the molecule is CC(C)c1ccccc1NC(=O)COc1cccc2cccnc12. The molecule has 0 unspecified atom stereocenters. The number of fused-ring (bicyclic) bond motifs is 1. The Morgan fingerprint density at radius 1 is 1.08 bits per heavy atom. The Labute approximate surface area is 141 Å². The molecule has 3 aromatic rings. The van der Waals surface area contributed by atoms with Crippen molar-refractivity contribution >= 4 is 22.5 Å². The first-order chi connectivity index (χ1) is 11.6. The van der Waals surface area contributed by atoms with Gasteiger partial charge < -0.3 is 10.1 Å². The van der Waals surface area contributed by atoms with Crippen molar-refractivity contribution in [3.05, 3.63) is 66.4 Å². The van der Waals surface area contributed by atoms with Crippen molar-refractivity contribution in [3.63, 3.8) is 0 Å². The molecule has 4 nitrogen and oxygen atoms in total. The number of pyridine rings is 1. The zero-order valence-corrected chi connectivity index (χ0v) is 13.8. The highest BCUT2D eigenvalue weighted by Gasteiger charge is 2.10. The lowest BCUT2D eigenvalue weighted by Crippen LogP contribution is -2.21. The third-order valence-electron chi connectivity index (χ3n) is 3.81. The summed E-state index contributed by atoms with van der Waals surface area (Å²) in [6.07, 6.45) is 1.72. The number of aromatic nitrogens is 1. The Bertz CT molecular complexity index is 854. The van der Waals surface area contributed by atoms with Gasteiger partial charge in [0.15, 0.2) is 6.61 Å². The molecule has 0 radical (unpaired) electrons. The first kappa shape index (κ1) is 16.0. The minimum atomic E-state index is -0.184. The molecule has 24 heavy (non-hydrogen) atoms. The molecule has 2 aromatic carbocycles. The predicted molar refractivity (Wildman–Crippen MR) is 96.4 cm³/mol. The van der Waals surface area contributed by atoms with Crippen LogP contribution in [0.2, 0.25) is 0 Å². The van der Waals surface area contributed by atoms with Gasteiger partial charge in [-0.25, -0.2) is 0 Å². The Morgan fingerprint density at radius 3 is 2.71 bits per heavy atom. The maximum atomic E-state index is 12.2. The van der Waals surface area contributed by atoms with Crippen LogP contribution in [0.25, 0.3) is 10.9 Å². The number of nitrogens with one attached hydrogen (secondary N) is 1. The summed E-state index contributed by atoms with van der Waals surface area (Å²) in [4.78, 5) is 16.6. The number of para-hydroxylation sites is 2. The lowest BCUT2D eigenvalue weighted by atomic mass is 10.0. The molecule has 1 aromatic heterocycles. The van der Waals surface area contributed by atoms with Crippen molar-refractivity contribution in [3.8, 4) is 5.75 Å². The Morgan fingerprint density at radius 2 is 1.88 bits per heavy atom. The van der Waals surface area contributed by atoms with Crippen LogP contribution in [-0.4, -0.2) is 17.5 Å². The highest BCUT2D eigenvalue weighted by molar-refractivity contribution is 5.93. The van der Waals surface area contributed by atoms with Gasteiger partial charge in [-0.1, -0.05) is 50.2 Å². The van der Waals surface area contributed by atoms with E-state index in [9.17, 15) is 4.79 Å². The van der Waals surface area contributed by atoms with E-state index in [0.29, 0.717) is 11.7 Å². The molecule has 4 heteroatoms. The Balaban J connectivity index is 1.70. The monoisotopic (exact) mass is 320 g/mol. The number of hydrogen-bond donors (Lipinski definition) is 1. The second-order valence-corrected chi connectivity index (χ2v) is 5.91. The van der Waals surface area contributed by atoms with Crippen LogP contribution in [0, 0.1) is 0 Å². The van der Waals surface area contributed by atoms with E-state index in [0.717, 1.165) is 22.2 Å². The molecule has 122 valence electrons. The molecule has 0 atom stereocenters. The normalized spacial score (nSPS) is 10.8. The van der Waals surface area contributed by atoms with Crippen molar-refractivity contribution in [2.45, 2.75) is 19.8 Å². The highest BCUT2D eigenvalue weighted by atomic mass is 16.5. The van der Waals surface area contributed by atoms with E-state index in [2.05, 4.69) is 24.1 Å². The van der Waals surface area contributed by atoms with Crippen molar-refractivity contribution < 1.29 is 9.53 Å². The summed E-state index contributed by atoms with van der Waals surface area (Å²) >= 11 is 0. The molecule has 0 bridgehead atoms. The smallest absolute Gasteiger partial charge is 0.262 e. The van der Waals surface area contributed by atoms with E-state index in [4.69, 9.17) is 4.74 Å². The molecular weight excluding hydrogens is 300 g/mol. The molecule has 0 fully saturated rings. The maximum Gasteiger partial charge on any atom is 0.262 e. The number of rotatable bonds is 5. The largest absolute Gasteiger partial charge is 0.481 e. The van der Waals surface area contributed by atoms with Crippen molar-refractivity contribution in [1.82, 2.24) is 4.98 Å². The van der Waals surface area contributed by atoms with Crippen LogP contribution >= 0.6 is 0 Å². The second kappa shape index (κ2) is 7.13. The van der Waals surface area contributed by atoms with Crippen LogP contribution in [0.3, 0.4) is 0 Å². The number of benzene rings is 2. The number of nitrogens with zero attached hydrogens (tertiary/aromatic N) is 1. The van der Waals surface area contributed by atoms with E-state index in [1.165, 1.54) is 0 Å². The molecule has 0 aliphatic rings. The average molecular weight is 320 g/mol. The van der Waals surface area contributed by atoms with E-state index in [1.807, 2.05) is 54.6 Å². The standard InChI is InChI=1S/C20H20N2O2/c1-14(2)16-9-3-4-10-17(16)22-19(23)13-24-18-11-5-7-15-8-6-12-21-20(15)18/h3-12,14H,13H2,1-2H3,(H,22,23). The summed E-state index contributed by atoms with van der Waals surface area (Å²) in [5.41, 5.74) is 2.70. The van der Waals surface area contributed by atoms with Gasteiger partial charge in [0.2, 0.25) is 0 Å². The number of carbonyl (C=O) groups is 1. The molecule has 0 saturated heterocycles. The van der Waals surface area contributed by atoms with Gasteiger partial charge in [0.25, 0.3) is 5.91 Å². The second-order valence-electron chi connectivity index (χ2n) is 5.91. The fraction of sp³-hybridized carbons (Fsp3) is 0.200. The lowest BCUT2D eigenvalue weighted by molar-refractivity contribution is -0.118. The van der Waals surface area contributed by atoms with Gasteiger partial charge in [-0.05, 0) is 29.7 Å². The van der Waals surface area contributed by atoms with Gasteiger partial charge in [0, 0.05) is 17.3 Å². The number of anilines is 1. The lowest BCUT2D eigenvalue weighted by Gasteiger charge is -2.14. The van der Waals surface area contributed by atoms with E-state index in [-0.39, 0.29) is 12.5 Å². The molecule has 0 saturated carbocycles. The zero-order chi connectivity index (χ0) is 16.9. The minimum Gasteiger partial charge on any atom is -0.481 e. The molecule has 1 heterocycles. The summed E-state index contributed by atoms with van der Waals surface area (Å²) in [6, 6.07) is 17.3. The minimum absolute atomic E-state index is 0.0535. The van der Waals surface area contributed by atoms with E-state index in [1.54, 1.807) is 6.20 Å². The van der Waals surface area contributed by atoms with Gasteiger partial charge in [-0.15, -0.1) is 0 Å². The van der Waals surface area contributed by atoms with Crippen molar-refractivity contribution in [2.75, 3.05) is 11.9 Å². The molecule has 0 spiro atoms. The van der Waals surface area contributed by atoms with Gasteiger partial charge in [-0.2, -0.15) is 0 Å². The Hall–Kier alpha value is -2.88. The summed E-state index contributed by atoms with van der Waals surface area (Å²) in [7, 11) is 0. The van der Waals surface area contributed by atoms with Crippen LogP contribution in [0.5, 0.6) is 5.75 Å². The number of hydrogen-bond acceptors (Lipinski definition) is 3. The van der Waals surface area contributed by atoms with Gasteiger partial charge in [0.05, 0.1) is 0 Å². The topological polar surface area (TPSA) is 51.2 Å². The summed E-state index contributed by atoms with van der Waals surface area (Å²) in [5, 5.41) is 3.91. The zero-order valence-electron chi connectivity index (χ0n) is 13.8. The number of ether oxygens (including phenoxy) is 1. The Kier molecular flexibility index (Phi) is 4.75. The van der Waals surface area contributed by atoms with Crippen LogP contribution in [0.4, 0.5) is 5.69 Å². The quantitative estimate of drug-likeness (QED) is 0.759. The summed E-state index contributed by atoms with van der Waals surface area (Å²) in [5.74, 6) is 0.765. The van der Waals surface area contributed by atoms with E-state index < -0.39 is 0 Å². The fourth-order valence-electron chi connectivity index (χ4n) is 2.64. The third kappa shape index (κ3) is 3.54. The number of carbonyl (C=O) groups excluding carboxylic acids is 1. The van der Waals surface area contributed by atoms with Gasteiger partial charge >= 0.3 is 0 Å². The summed E-state index contributed by atoms with van der Waals surface area (Å²) < 4.78 is 5.68. The predicted octanol–water partition coefficient (Wildman–Crippen LogP) is 4.38. The maximum absolute atomic E-state index is 12.2. The molecule has 1 amide bonds. The van der Waals surface area contributed by atoms with Gasteiger partial charge in [0.1, 0.15) is 11.3 Å². The molecule has 1 N–H and O–H groups in total. The molecular formula is C20H20N2O2. The van der Waals surface area contributed by atoms with Gasteiger partial charge in [-0.3, -0.25) is 9.78 Å². The third-order valence-corrected chi connectivity index (χ3v) is 3.81. The fourth-order valence-corrected chi connectivity index (χ4v) is 2.64. The molecule has 0 aliphatic heterocycles. The first-order valence-electron chi connectivity index (χ1n) is 8.00.